The van der Waals surface area contributed by atoms with E-state index in [4.69, 9.17) is 14.2 Å². The van der Waals surface area contributed by atoms with Gasteiger partial charge in [0.05, 0.1) is 13.2 Å². The van der Waals surface area contributed by atoms with Crippen molar-refractivity contribution in [2.75, 3.05) is 13.2 Å². The minimum absolute atomic E-state index is 0.147. The average Bonchev–Trinajstić information content (AvgIpc) is 2.58. The summed E-state index contributed by atoms with van der Waals surface area (Å²) in [7, 11) is 0. The minimum atomic E-state index is -0.338. The third-order valence-electron chi connectivity index (χ3n) is 4.94. The second-order valence-electron chi connectivity index (χ2n) is 6.99. The van der Waals surface area contributed by atoms with Gasteiger partial charge in [-0.25, -0.2) is 0 Å². The van der Waals surface area contributed by atoms with Crippen molar-refractivity contribution >= 4 is 5.97 Å². The van der Waals surface area contributed by atoms with Crippen LogP contribution in [0.4, 0.5) is 0 Å². The summed E-state index contributed by atoms with van der Waals surface area (Å²) < 4.78 is 17.0. The lowest BCUT2D eigenvalue weighted by Gasteiger charge is -2.36. The number of benzene rings is 1. The van der Waals surface area contributed by atoms with Gasteiger partial charge in [-0.2, -0.15) is 0 Å². The van der Waals surface area contributed by atoms with E-state index in [0.29, 0.717) is 24.9 Å². The average molecular weight is 318 g/mol. The zero-order chi connectivity index (χ0) is 16.2. The summed E-state index contributed by atoms with van der Waals surface area (Å²) in [5, 5.41) is 0. The van der Waals surface area contributed by atoms with Crippen LogP contribution in [0.5, 0.6) is 5.75 Å². The molecule has 0 atom stereocenters. The van der Waals surface area contributed by atoms with E-state index in [-0.39, 0.29) is 18.2 Å². The van der Waals surface area contributed by atoms with E-state index in [1.54, 1.807) is 0 Å². The first-order valence-electron chi connectivity index (χ1n) is 8.63. The van der Waals surface area contributed by atoms with Gasteiger partial charge in [0, 0.05) is 5.92 Å². The number of carbonyl (C=O) groups is 1. The second-order valence-corrected chi connectivity index (χ2v) is 6.99. The summed E-state index contributed by atoms with van der Waals surface area (Å²) in [6.45, 7) is 5.08. The van der Waals surface area contributed by atoms with E-state index < -0.39 is 0 Å². The first-order valence-corrected chi connectivity index (χ1v) is 8.63. The molecule has 3 rings (SSSR count). The number of ether oxygens (including phenoxy) is 3. The molecule has 4 heteroatoms. The molecular weight excluding hydrogens is 292 g/mol. The Balaban J connectivity index is 1.46. The molecule has 1 saturated carbocycles. The Morgan fingerprint density at radius 2 is 1.65 bits per heavy atom. The summed E-state index contributed by atoms with van der Waals surface area (Å²) >= 11 is 0. The molecule has 126 valence electrons. The van der Waals surface area contributed by atoms with Crippen LogP contribution in [-0.2, 0) is 14.3 Å². The van der Waals surface area contributed by atoms with Crippen LogP contribution >= 0.6 is 0 Å². The number of esters is 1. The van der Waals surface area contributed by atoms with Gasteiger partial charge < -0.3 is 14.2 Å². The lowest BCUT2D eigenvalue weighted by molar-refractivity contribution is -0.230. The van der Waals surface area contributed by atoms with Crippen LogP contribution in [0.25, 0.3) is 0 Å². The molecule has 0 N–H and O–H groups in total. The summed E-state index contributed by atoms with van der Waals surface area (Å²) in [6, 6.07) is 7.47. The number of carbonyl (C=O) groups excluding carboxylic acids is 1. The van der Waals surface area contributed by atoms with Crippen molar-refractivity contribution in [3.05, 3.63) is 29.8 Å². The van der Waals surface area contributed by atoms with Crippen molar-refractivity contribution in [2.45, 2.75) is 45.8 Å². The Labute approximate surface area is 138 Å². The quantitative estimate of drug-likeness (QED) is 0.629. The van der Waals surface area contributed by atoms with E-state index in [1.165, 1.54) is 12.8 Å². The van der Waals surface area contributed by atoms with Gasteiger partial charge in [-0.05, 0) is 37.8 Å². The highest BCUT2D eigenvalue weighted by atomic mass is 16.7. The zero-order valence-electron chi connectivity index (χ0n) is 14.0. The molecule has 1 heterocycles. The topological polar surface area (TPSA) is 44.8 Å². The van der Waals surface area contributed by atoms with Crippen molar-refractivity contribution in [3.63, 3.8) is 0 Å². The van der Waals surface area contributed by atoms with Crippen molar-refractivity contribution in [3.8, 4) is 5.75 Å². The van der Waals surface area contributed by atoms with Crippen LogP contribution in [0.15, 0.2) is 24.3 Å². The maximum Gasteiger partial charge on any atom is 0.319 e. The van der Waals surface area contributed by atoms with Gasteiger partial charge >= 0.3 is 5.97 Å². The molecule has 23 heavy (non-hydrogen) atoms. The molecule has 1 aromatic carbocycles. The molecule has 2 fully saturated rings. The van der Waals surface area contributed by atoms with Crippen LogP contribution in [-0.4, -0.2) is 25.5 Å². The molecule has 0 radical (unpaired) electrons. The molecule has 1 saturated heterocycles. The number of aryl methyl sites for hydroxylation is 1. The molecule has 2 aliphatic rings. The predicted octanol–water partition coefficient (Wildman–Crippen LogP) is 3.72. The van der Waals surface area contributed by atoms with Crippen LogP contribution in [0.3, 0.4) is 0 Å². The molecule has 1 aromatic rings. The van der Waals surface area contributed by atoms with E-state index in [0.717, 1.165) is 24.3 Å². The number of hydrogen-bond acceptors (Lipinski definition) is 4. The van der Waals surface area contributed by atoms with Crippen molar-refractivity contribution < 1.29 is 19.0 Å². The van der Waals surface area contributed by atoms with Gasteiger partial charge in [0.25, 0.3) is 0 Å². The molecule has 0 unspecified atom stereocenters. The Bertz CT molecular complexity index is 509. The first-order chi connectivity index (χ1) is 11.1. The summed E-state index contributed by atoms with van der Waals surface area (Å²) in [5.74, 6) is 1.25. The molecule has 0 bridgehead atoms. The fraction of sp³-hybridized carbons (Fsp3) is 0.632. The van der Waals surface area contributed by atoms with Gasteiger partial charge in [0.15, 0.2) is 6.29 Å². The van der Waals surface area contributed by atoms with E-state index in [1.807, 2.05) is 31.2 Å². The highest BCUT2D eigenvalue weighted by molar-refractivity contribution is 5.75. The van der Waals surface area contributed by atoms with Crippen LogP contribution in [0.1, 0.15) is 38.2 Å². The maximum atomic E-state index is 12.2. The van der Waals surface area contributed by atoms with E-state index in [2.05, 4.69) is 6.92 Å². The highest BCUT2D eigenvalue weighted by Crippen LogP contribution is 2.33. The zero-order valence-corrected chi connectivity index (χ0v) is 14.0. The third-order valence-corrected chi connectivity index (χ3v) is 4.94. The Morgan fingerprint density at radius 3 is 2.26 bits per heavy atom. The van der Waals surface area contributed by atoms with Gasteiger partial charge in [-0.1, -0.05) is 37.5 Å². The largest absolute Gasteiger partial charge is 0.426 e. The molecule has 4 nitrogen and oxygen atoms in total. The minimum Gasteiger partial charge on any atom is -0.426 e. The normalized spacial score (nSPS) is 31.6. The summed E-state index contributed by atoms with van der Waals surface area (Å²) in [6.07, 6.45) is 4.65. The predicted molar refractivity (Wildman–Crippen MR) is 87.1 cm³/mol. The molecule has 0 spiro atoms. The second kappa shape index (κ2) is 7.45. The third kappa shape index (κ3) is 4.33. The lowest BCUT2D eigenvalue weighted by Crippen LogP contribution is -2.42. The van der Waals surface area contributed by atoms with Crippen molar-refractivity contribution in [2.24, 2.45) is 17.8 Å². The van der Waals surface area contributed by atoms with E-state index in [9.17, 15) is 4.79 Å². The van der Waals surface area contributed by atoms with Crippen molar-refractivity contribution in [1.29, 1.82) is 0 Å². The van der Waals surface area contributed by atoms with Gasteiger partial charge in [0.1, 0.15) is 11.7 Å². The monoisotopic (exact) mass is 318 g/mol. The molecule has 0 aromatic heterocycles. The standard InChI is InChI=1S/C19H26O4/c1-13-3-7-15(8-4-13)19-21-11-16(12-22-19)18(20)23-17-9-5-14(2)6-10-17/h5-6,9-10,13,15-16,19H,3-4,7-8,11-12H2,1-2H3. The fourth-order valence-corrected chi connectivity index (χ4v) is 3.29. The van der Waals surface area contributed by atoms with Crippen LogP contribution in [0, 0.1) is 24.7 Å². The van der Waals surface area contributed by atoms with Crippen molar-refractivity contribution in [1.82, 2.24) is 0 Å². The number of rotatable bonds is 3. The summed E-state index contributed by atoms with van der Waals surface area (Å²) in [4.78, 5) is 12.2. The van der Waals surface area contributed by atoms with Crippen LogP contribution < -0.4 is 4.74 Å². The Hall–Kier alpha value is -1.39. The molecular formula is C19H26O4. The van der Waals surface area contributed by atoms with E-state index >= 15 is 0 Å². The Kier molecular flexibility index (Phi) is 5.34. The van der Waals surface area contributed by atoms with Crippen LogP contribution in [0.2, 0.25) is 0 Å². The summed E-state index contributed by atoms with van der Waals surface area (Å²) in [5.41, 5.74) is 1.14. The Morgan fingerprint density at radius 1 is 1.04 bits per heavy atom. The van der Waals surface area contributed by atoms with Gasteiger partial charge in [-0.3, -0.25) is 4.79 Å². The first kappa shape index (κ1) is 16.5. The number of hydrogen-bond donors (Lipinski definition) is 0. The van der Waals surface area contributed by atoms with Gasteiger partial charge in [0.2, 0.25) is 0 Å². The smallest absolute Gasteiger partial charge is 0.319 e. The lowest BCUT2D eigenvalue weighted by atomic mass is 9.82. The molecule has 0 amide bonds. The SMILES string of the molecule is Cc1ccc(OC(=O)C2COC(C3CCC(C)CC3)OC2)cc1. The fourth-order valence-electron chi connectivity index (χ4n) is 3.29. The molecule has 1 aliphatic carbocycles. The maximum absolute atomic E-state index is 12.2. The highest BCUT2D eigenvalue weighted by Gasteiger charge is 2.34. The molecule has 1 aliphatic heterocycles. The van der Waals surface area contributed by atoms with Gasteiger partial charge in [-0.15, -0.1) is 0 Å².